The number of hydrogen-bond acceptors (Lipinski definition) is 5. The lowest BCUT2D eigenvalue weighted by molar-refractivity contribution is 0.0374. The van der Waals surface area contributed by atoms with E-state index < -0.39 is 0 Å². The summed E-state index contributed by atoms with van der Waals surface area (Å²) < 4.78 is 7.22. The van der Waals surface area contributed by atoms with Gasteiger partial charge in [-0.1, -0.05) is 0 Å². The Hall–Kier alpha value is -1.99. The van der Waals surface area contributed by atoms with E-state index in [0.717, 1.165) is 56.0 Å². The van der Waals surface area contributed by atoms with Crippen molar-refractivity contribution in [3.8, 4) is 0 Å². The fraction of sp³-hybridized carbons (Fsp3) is 0.611. The maximum atomic E-state index is 12.5. The molecule has 0 bridgehead atoms. The van der Waals surface area contributed by atoms with Crippen LogP contribution in [0.3, 0.4) is 0 Å². The van der Waals surface area contributed by atoms with Crippen LogP contribution in [0.1, 0.15) is 42.4 Å². The molecule has 136 valence electrons. The third kappa shape index (κ3) is 4.16. The van der Waals surface area contributed by atoms with E-state index in [1.165, 1.54) is 0 Å². The number of rotatable bonds is 6. The number of nitrogens with zero attached hydrogens (tertiary/aromatic N) is 4. The van der Waals surface area contributed by atoms with Gasteiger partial charge < -0.3 is 10.1 Å². The number of nitrogens with one attached hydrogen (secondary N) is 1. The molecule has 2 aromatic rings. The second-order valence-electron chi connectivity index (χ2n) is 6.78. The molecular weight excluding hydrogens is 318 g/mol. The normalized spacial score (nSPS) is 15.8. The molecule has 1 aliphatic heterocycles. The highest BCUT2D eigenvalue weighted by Crippen LogP contribution is 2.19. The molecule has 7 heteroatoms. The monoisotopic (exact) mass is 345 g/mol. The van der Waals surface area contributed by atoms with Crippen molar-refractivity contribution in [3.05, 3.63) is 23.5 Å². The van der Waals surface area contributed by atoms with E-state index in [1.807, 2.05) is 17.7 Å². The lowest BCUT2D eigenvalue weighted by Gasteiger charge is -2.26. The van der Waals surface area contributed by atoms with Crippen LogP contribution < -0.4 is 5.32 Å². The van der Waals surface area contributed by atoms with Crippen LogP contribution in [0.5, 0.6) is 0 Å². The standard InChI is InChI=1S/C18H27N5O2/c1-13(2)23-17-15(12-20-23)11-16(14(3)21-17)18(24)19-5-4-6-22-7-9-25-10-8-22/h11-13H,4-10H2,1-3H3,(H,19,24). The van der Waals surface area contributed by atoms with E-state index in [9.17, 15) is 4.79 Å². The van der Waals surface area contributed by atoms with Crippen LogP contribution in [-0.2, 0) is 4.74 Å². The van der Waals surface area contributed by atoms with Crippen molar-refractivity contribution in [1.29, 1.82) is 0 Å². The second kappa shape index (κ2) is 7.93. The van der Waals surface area contributed by atoms with Gasteiger partial charge in [-0.15, -0.1) is 0 Å². The van der Waals surface area contributed by atoms with Gasteiger partial charge in [-0.25, -0.2) is 9.67 Å². The summed E-state index contributed by atoms with van der Waals surface area (Å²) in [4.78, 5) is 19.5. The molecule has 0 radical (unpaired) electrons. The number of pyridine rings is 1. The van der Waals surface area contributed by atoms with Crippen molar-refractivity contribution in [2.24, 2.45) is 0 Å². The molecular formula is C18H27N5O2. The van der Waals surface area contributed by atoms with Crippen LogP contribution in [0, 0.1) is 6.92 Å². The zero-order valence-electron chi connectivity index (χ0n) is 15.3. The van der Waals surface area contributed by atoms with Crippen molar-refractivity contribution in [2.45, 2.75) is 33.2 Å². The van der Waals surface area contributed by atoms with Crippen LogP contribution in [-0.4, -0.2) is 65.0 Å². The van der Waals surface area contributed by atoms with Gasteiger partial charge in [-0.05, 0) is 39.8 Å². The Labute approximate surface area is 148 Å². The zero-order chi connectivity index (χ0) is 17.8. The minimum Gasteiger partial charge on any atom is -0.379 e. The zero-order valence-corrected chi connectivity index (χ0v) is 15.3. The van der Waals surface area contributed by atoms with E-state index in [0.29, 0.717) is 12.1 Å². The molecule has 0 aromatic carbocycles. The summed E-state index contributed by atoms with van der Waals surface area (Å²) in [6.45, 7) is 11.2. The predicted octanol–water partition coefficient (Wildman–Crippen LogP) is 1.77. The summed E-state index contributed by atoms with van der Waals surface area (Å²) in [7, 11) is 0. The molecule has 25 heavy (non-hydrogen) atoms. The predicted molar refractivity (Wildman–Crippen MR) is 96.9 cm³/mol. The molecule has 1 N–H and O–H groups in total. The lowest BCUT2D eigenvalue weighted by atomic mass is 10.1. The van der Waals surface area contributed by atoms with E-state index in [4.69, 9.17) is 4.74 Å². The molecule has 0 unspecified atom stereocenters. The van der Waals surface area contributed by atoms with Gasteiger partial charge in [0.15, 0.2) is 5.65 Å². The Balaban J connectivity index is 1.59. The van der Waals surface area contributed by atoms with Gasteiger partial charge in [0.1, 0.15) is 0 Å². The molecule has 1 fully saturated rings. The number of ether oxygens (including phenoxy) is 1. The van der Waals surface area contributed by atoms with Crippen LogP contribution in [0.4, 0.5) is 0 Å². The molecule has 0 atom stereocenters. The average molecular weight is 345 g/mol. The first-order valence-corrected chi connectivity index (χ1v) is 8.99. The third-order valence-electron chi connectivity index (χ3n) is 4.53. The van der Waals surface area contributed by atoms with Crippen LogP contribution in [0.25, 0.3) is 11.0 Å². The van der Waals surface area contributed by atoms with Gasteiger partial charge >= 0.3 is 0 Å². The number of morpholine rings is 1. The van der Waals surface area contributed by atoms with Crippen molar-refractivity contribution < 1.29 is 9.53 Å². The summed E-state index contributed by atoms with van der Waals surface area (Å²) in [5.41, 5.74) is 2.19. The molecule has 3 rings (SSSR count). The molecule has 2 aromatic heterocycles. The van der Waals surface area contributed by atoms with Crippen molar-refractivity contribution in [2.75, 3.05) is 39.4 Å². The van der Waals surface area contributed by atoms with Gasteiger partial charge in [0.2, 0.25) is 0 Å². The summed E-state index contributed by atoms with van der Waals surface area (Å²) in [5, 5.41) is 8.28. The van der Waals surface area contributed by atoms with Crippen molar-refractivity contribution >= 4 is 16.9 Å². The summed E-state index contributed by atoms with van der Waals surface area (Å²) in [5.74, 6) is -0.0637. The number of aromatic nitrogens is 3. The molecule has 1 saturated heterocycles. The lowest BCUT2D eigenvalue weighted by Crippen LogP contribution is -2.38. The van der Waals surface area contributed by atoms with Gasteiger partial charge in [-0.3, -0.25) is 9.69 Å². The SMILES string of the molecule is Cc1nc2c(cnn2C(C)C)cc1C(=O)NCCCN1CCOCC1. The van der Waals surface area contributed by atoms with Crippen LogP contribution >= 0.6 is 0 Å². The highest BCUT2D eigenvalue weighted by atomic mass is 16.5. The molecule has 0 saturated carbocycles. The molecule has 0 aliphatic carbocycles. The largest absolute Gasteiger partial charge is 0.379 e. The van der Waals surface area contributed by atoms with Crippen molar-refractivity contribution in [3.63, 3.8) is 0 Å². The van der Waals surface area contributed by atoms with E-state index >= 15 is 0 Å². The first-order chi connectivity index (χ1) is 12.1. The maximum absolute atomic E-state index is 12.5. The van der Waals surface area contributed by atoms with E-state index in [-0.39, 0.29) is 11.9 Å². The smallest absolute Gasteiger partial charge is 0.253 e. The highest BCUT2D eigenvalue weighted by Gasteiger charge is 2.15. The molecule has 7 nitrogen and oxygen atoms in total. The van der Waals surface area contributed by atoms with Gasteiger partial charge in [0.25, 0.3) is 5.91 Å². The summed E-state index contributed by atoms with van der Waals surface area (Å²) >= 11 is 0. The maximum Gasteiger partial charge on any atom is 0.253 e. The Kier molecular flexibility index (Phi) is 5.65. The fourth-order valence-electron chi connectivity index (χ4n) is 3.10. The number of amides is 1. The number of fused-ring (bicyclic) bond motifs is 1. The second-order valence-corrected chi connectivity index (χ2v) is 6.78. The van der Waals surface area contributed by atoms with Gasteiger partial charge in [-0.2, -0.15) is 5.10 Å². The Morgan fingerprint density at radius 3 is 2.84 bits per heavy atom. The number of carbonyl (C=O) groups is 1. The van der Waals surface area contributed by atoms with Gasteiger partial charge in [0.05, 0.1) is 30.7 Å². The Morgan fingerprint density at radius 1 is 1.36 bits per heavy atom. The third-order valence-corrected chi connectivity index (χ3v) is 4.53. The molecule has 1 aliphatic rings. The van der Waals surface area contributed by atoms with E-state index in [2.05, 4.69) is 34.1 Å². The van der Waals surface area contributed by atoms with Crippen LogP contribution in [0.2, 0.25) is 0 Å². The van der Waals surface area contributed by atoms with E-state index in [1.54, 1.807) is 6.20 Å². The van der Waals surface area contributed by atoms with Gasteiger partial charge in [0, 0.05) is 31.1 Å². The highest BCUT2D eigenvalue weighted by molar-refractivity contribution is 5.98. The summed E-state index contributed by atoms with van der Waals surface area (Å²) in [6, 6.07) is 2.13. The quantitative estimate of drug-likeness (QED) is 0.808. The Morgan fingerprint density at radius 2 is 2.12 bits per heavy atom. The van der Waals surface area contributed by atoms with Crippen molar-refractivity contribution in [1.82, 2.24) is 25.0 Å². The topological polar surface area (TPSA) is 72.3 Å². The number of aryl methyl sites for hydroxylation is 1. The Bertz CT molecular complexity index is 734. The first kappa shape index (κ1) is 17.8. The number of hydrogen-bond donors (Lipinski definition) is 1. The molecule has 3 heterocycles. The minimum absolute atomic E-state index is 0.0637. The minimum atomic E-state index is -0.0637. The van der Waals surface area contributed by atoms with Crippen LogP contribution in [0.15, 0.2) is 12.3 Å². The summed E-state index contributed by atoms with van der Waals surface area (Å²) in [6.07, 6.45) is 2.71. The average Bonchev–Trinajstić information content (AvgIpc) is 3.01. The fourth-order valence-corrected chi connectivity index (χ4v) is 3.10. The number of carbonyl (C=O) groups excluding carboxylic acids is 1. The first-order valence-electron chi connectivity index (χ1n) is 8.99. The molecule has 0 spiro atoms. The molecule has 1 amide bonds.